The number of likely N-dealkylation sites (tertiary alicyclic amines) is 1. The van der Waals surface area contributed by atoms with Gasteiger partial charge in [0.2, 0.25) is 0 Å². The van der Waals surface area contributed by atoms with E-state index in [2.05, 4.69) is 24.1 Å². The van der Waals surface area contributed by atoms with E-state index < -0.39 is 0 Å². The predicted molar refractivity (Wildman–Crippen MR) is 80.5 cm³/mol. The zero-order chi connectivity index (χ0) is 13.7. The molecule has 0 aromatic rings. The van der Waals surface area contributed by atoms with E-state index in [1.807, 2.05) is 7.11 Å². The summed E-state index contributed by atoms with van der Waals surface area (Å²) in [6.07, 6.45) is 8.58. The largest absolute Gasteiger partial charge is 0.383 e. The molecule has 3 heteroatoms. The molecule has 0 bridgehead atoms. The Kier molecular flexibility index (Phi) is 6.11. The Balaban J connectivity index is 1.97. The average Bonchev–Trinajstić information content (AvgIpc) is 2.43. The summed E-state index contributed by atoms with van der Waals surface area (Å²) < 4.78 is 5.49. The first-order valence-electron chi connectivity index (χ1n) is 8.20. The van der Waals surface area contributed by atoms with Gasteiger partial charge in [0.05, 0.1) is 6.61 Å². The maximum absolute atomic E-state index is 5.49. The molecule has 1 aliphatic carbocycles. The number of hydrogen-bond acceptors (Lipinski definition) is 3. The summed E-state index contributed by atoms with van der Waals surface area (Å²) in [6.45, 7) is 7.65. The van der Waals surface area contributed by atoms with E-state index in [1.165, 1.54) is 45.1 Å². The highest BCUT2D eigenvalue weighted by atomic mass is 16.5. The van der Waals surface area contributed by atoms with Gasteiger partial charge in [-0.2, -0.15) is 0 Å². The SMILES string of the molecule is COCC(CNC(C)C)N1CCCC2CCCCC21. The normalized spacial score (nSPS) is 30.3. The van der Waals surface area contributed by atoms with Crippen molar-refractivity contribution in [3.63, 3.8) is 0 Å². The van der Waals surface area contributed by atoms with E-state index in [4.69, 9.17) is 4.74 Å². The third-order valence-electron chi connectivity index (χ3n) is 4.88. The highest BCUT2D eigenvalue weighted by molar-refractivity contribution is 4.91. The van der Waals surface area contributed by atoms with Crippen LogP contribution in [0.15, 0.2) is 0 Å². The molecule has 3 atom stereocenters. The average molecular weight is 268 g/mol. The molecule has 0 spiro atoms. The first kappa shape index (κ1) is 15.3. The highest BCUT2D eigenvalue weighted by Crippen LogP contribution is 2.36. The summed E-state index contributed by atoms with van der Waals surface area (Å²) in [5, 5.41) is 3.60. The number of nitrogens with zero attached hydrogens (tertiary/aromatic N) is 1. The second kappa shape index (κ2) is 7.61. The molecule has 2 aliphatic rings. The van der Waals surface area contributed by atoms with Crippen LogP contribution in [0.4, 0.5) is 0 Å². The predicted octanol–water partition coefficient (Wildman–Crippen LogP) is 2.65. The highest BCUT2D eigenvalue weighted by Gasteiger charge is 2.36. The number of ether oxygens (including phenoxy) is 1. The summed E-state index contributed by atoms with van der Waals surface area (Å²) in [4.78, 5) is 2.77. The van der Waals surface area contributed by atoms with Crippen LogP contribution in [0.5, 0.6) is 0 Å². The van der Waals surface area contributed by atoms with Gasteiger partial charge in [-0.05, 0) is 38.1 Å². The van der Waals surface area contributed by atoms with Crippen LogP contribution >= 0.6 is 0 Å². The fourth-order valence-corrected chi connectivity index (χ4v) is 3.95. The maximum atomic E-state index is 5.49. The van der Waals surface area contributed by atoms with Gasteiger partial charge in [-0.1, -0.05) is 26.7 Å². The van der Waals surface area contributed by atoms with Gasteiger partial charge < -0.3 is 10.1 Å². The molecule has 0 aromatic heterocycles. The topological polar surface area (TPSA) is 24.5 Å². The second-order valence-electron chi connectivity index (χ2n) is 6.66. The van der Waals surface area contributed by atoms with Crippen LogP contribution in [0, 0.1) is 5.92 Å². The van der Waals surface area contributed by atoms with Crippen LogP contribution in [0.2, 0.25) is 0 Å². The smallest absolute Gasteiger partial charge is 0.0630 e. The van der Waals surface area contributed by atoms with Crippen LogP contribution in [-0.4, -0.2) is 49.8 Å². The van der Waals surface area contributed by atoms with E-state index in [9.17, 15) is 0 Å². The maximum Gasteiger partial charge on any atom is 0.0630 e. The lowest BCUT2D eigenvalue weighted by atomic mass is 9.77. The zero-order valence-corrected chi connectivity index (χ0v) is 13.0. The molecule has 112 valence electrons. The van der Waals surface area contributed by atoms with Crippen LogP contribution in [0.3, 0.4) is 0 Å². The summed E-state index contributed by atoms with van der Waals surface area (Å²) >= 11 is 0. The number of methoxy groups -OCH3 is 1. The fourth-order valence-electron chi connectivity index (χ4n) is 3.95. The fraction of sp³-hybridized carbons (Fsp3) is 1.00. The van der Waals surface area contributed by atoms with E-state index >= 15 is 0 Å². The molecule has 0 aromatic carbocycles. The summed E-state index contributed by atoms with van der Waals surface area (Å²) in [6, 6.07) is 1.95. The molecule has 2 fully saturated rings. The number of piperidine rings is 1. The number of nitrogens with one attached hydrogen (secondary N) is 1. The molecule has 1 saturated carbocycles. The van der Waals surface area contributed by atoms with Crippen molar-refractivity contribution in [3.05, 3.63) is 0 Å². The van der Waals surface area contributed by atoms with Gasteiger partial charge in [-0.15, -0.1) is 0 Å². The van der Waals surface area contributed by atoms with Crippen molar-refractivity contribution in [1.82, 2.24) is 10.2 Å². The van der Waals surface area contributed by atoms with Crippen LogP contribution < -0.4 is 5.32 Å². The minimum atomic E-state index is 0.554. The molecule has 1 N–H and O–H groups in total. The van der Waals surface area contributed by atoms with Crippen LogP contribution in [0.1, 0.15) is 52.4 Å². The van der Waals surface area contributed by atoms with Gasteiger partial charge in [-0.3, -0.25) is 4.90 Å². The van der Waals surface area contributed by atoms with Crippen molar-refractivity contribution >= 4 is 0 Å². The molecule has 1 aliphatic heterocycles. The van der Waals surface area contributed by atoms with E-state index in [-0.39, 0.29) is 0 Å². The lowest BCUT2D eigenvalue weighted by Gasteiger charge is -2.47. The van der Waals surface area contributed by atoms with Gasteiger partial charge in [0.15, 0.2) is 0 Å². The van der Waals surface area contributed by atoms with Gasteiger partial charge in [-0.25, -0.2) is 0 Å². The second-order valence-corrected chi connectivity index (χ2v) is 6.66. The summed E-state index contributed by atoms with van der Waals surface area (Å²) in [5.74, 6) is 0.959. The summed E-state index contributed by atoms with van der Waals surface area (Å²) in [7, 11) is 1.84. The molecule has 2 rings (SSSR count). The van der Waals surface area contributed by atoms with Crippen LogP contribution in [0.25, 0.3) is 0 Å². The van der Waals surface area contributed by atoms with Crippen molar-refractivity contribution in [3.8, 4) is 0 Å². The first-order chi connectivity index (χ1) is 9.22. The van der Waals surface area contributed by atoms with E-state index in [0.29, 0.717) is 12.1 Å². The standard InChI is InChI=1S/C16H32N2O/c1-13(2)17-11-15(12-19-3)18-10-6-8-14-7-4-5-9-16(14)18/h13-17H,4-12H2,1-3H3. The Hall–Kier alpha value is -0.120. The summed E-state index contributed by atoms with van der Waals surface area (Å²) in [5.41, 5.74) is 0. The lowest BCUT2D eigenvalue weighted by molar-refractivity contribution is -0.00355. The molecule has 19 heavy (non-hydrogen) atoms. The Morgan fingerprint density at radius 2 is 1.89 bits per heavy atom. The monoisotopic (exact) mass is 268 g/mol. The molecule has 1 heterocycles. The van der Waals surface area contributed by atoms with Crippen molar-refractivity contribution in [1.29, 1.82) is 0 Å². The number of fused-ring (bicyclic) bond motifs is 1. The molecular formula is C16H32N2O. The Labute approximate surface area is 119 Å². The van der Waals surface area contributed by atoms with Gasteiger partial charge in [0, 0.05) is 31.8 Å². The van der Waals surface area contributed by atoms with Crippen molar-refractivity contribution in [2.24, 2.45) is 5.92 Å². The Bertz CT molecular complexity index is 255. The van der Waals surface area contributed by atoms with Crippen molar-refractivity contribution in [2.45, 2.75) is 70.5 Å². The molecule has 3 unspecified atom stereocenters. The lowest BCUT2D eigenvalue weighted by Crippen LogP contribution is -2.56. The molecule has 1 saturated heterocycles. The Morgan fingerprint density at radius 3 is 2.63 bits per heavy atom. The zero-order valence-electron chi connectivity index (χ0n) is 13.0. The van der Waals surface area contributed by atoms with E-state index in [0.717, 1.165) is 25.1 Å². The van der Waals surface area contributed by atoms with Crippen LogP contribution in [-0.2, 0) is 4.74 Å². The van der Waals surface area contributed by atoms with Crippen molar-refractivity contribution in [2.75, 3.05) is 26.8 Å². The number of rotatable bonds is 6. The quantitative estimate of drug-likeness (QED) is 0.801. The molecular weight excluding hydrogens is 236 g/mol. The Morgan fingerprint density at radius 1 is 1.16 bits per heavy atom. The third kappa shape index (κ3) is 4.17. The minimum absolute atomic E-state index is 0.554. The first-order valence-corrected chi connectivity index (χ1v) is 8.20. The van der Waals surface area contributed by atoms with Gasteiger partial charge in [0.25, 0.3) is 0 Å². The van der Waals surface area contributed by atoms with Gasteiger partial charge >= 0.3 is 0 Å². The van der Waals surface area contributed by atoms with Gasteiger partial charge in [0.1, 0.15) is 0 Å². The number of hydrogen-bond donors (Lipinski definition) is 1. The van der Waals surface area contributed by atoms with E-state index in [1.54, 1.807) is 0 Å². The molecule has 0 amide bonds. The third-order valence-corrected chi connectivity index (χ3v) is 4.88. The molecule has 0 radical (unpaired) electrons. The molecule has 3 nitrogen and oxygen atoms in total. The minimum Gasteiger partial charge on any atom is -0.383 e. The van der Waals surface area contributed by atoms with Crippen molar-refractivity contribution < 1.29 is 4.74 Å².